The molecule has 1 atom stereocenters. The van der Waals surface area contributed by atoms with Gasteiger partial charge in [-0.2, -0.15) is 0 Å². The maximum atomic E-state index is 12.2. The number of benzene rings is 1. The summed E-state index contributed by atoms with van der Waals surface area (Å²) in [6, 6.07) is 4.36. The van der Waals surface area contributed by atoms with Crippen LogP contribution in [-0.4, -0.2) is 34.5 Å². The number of anilines is 1. The Morgan fingerprint density at radius 3 is 2.48 bits per heavy atom. The molecule has 2 N–H and O–H groups in total. The molecule has 0 aromatic heterocycles. The molecular weight excluding hydrogens is 326 g/mol. The summed E-state index contributed by atoms with van der Waals surface area (Å²) < 4.78 is 5.12. The van der Waals surface area contributed by atoms with Crippen molar-refractivity contribution in [1.82, 2.24) is 5.32 Å². The van der Waals surface area contributed by atoms with Crippen LogP contribution in [0.15, 0.2) is 18.2 Å². The third kappa shape index (κ3) is 5.44. The molecule has 1 aliphatic carbocycles. The van der Waals surface area contributed by atoms with Crippen LogP contribution in [0.4, 0.5) is 11.4 Å². The number of hydrogen-bond donors (Lipinski definition) is 2. The van der Waals surface area contributed by atoms with E-state index in [2.05, 4.69) is 10.6 Å². The summed E-state index contributed by atoms with van der Waals surface area (Å²) >= 11 is 0. The van der Waals surface area contributed by atoms with Crippen LogP contribution in [0.25, 0.3) is 0 Å². The lowest BCUT2D eigenvalue weighted by Crippen LogP contribution is -2.46. The van der Waals surface area contributed by atoms with Gasteiger partial charge in [-0.3, -0.25) is 14.9 Å². The average Bonchev–Trinajstić information content (AvgIpc) is 3.29. The predicted octanol–water partition coefficient (Wildman–Crippen LogP) is 2.63. The largest absolute Gasteiger partial charge is 0.449 e. The fraction of sp³-hybridized carbons (Fsp3) is 0.529. The van der Waals surface area contributed by atoms with Crippen LogP contribution in [0.5, 0.6) is 0 Å². The number of nitrogens with zero attached hydrogens (tertiary/aromatic N) is 1. The highest BCUT2D eigenvalue weighted by atomic mass is 16.6. The van der Waals surface area contributed by atoms with Gasteiger partial charge in [-0.1, -0.05) is 0 Å². The molecule has 1 aromatic carbocycles. The van der Waals surface area contributed by atoms with Gasteiger partial charge in [0.1, 0.15) is 5.69 Å². The predicted molar refractivity (Wildman–Crippen MR) is 92.5 cm³/mol. The van der Waals surface area contributed by atoms with Crippen molar-refractivity contribution < 1.29 is 19.2 Å². The molecule has 0 bridgehead atoms. The number of esters is 1. The molecule has 1 aromatic rings. The first kappa shape index (κ1) is 18.7. The average molecular weight is 349 g/mol. The first-order valence-corrected chi connectivity index (χ1v) is 8.15. The second-order valence-electron chi connectivity index (χ2n) is 7.19. The van der Waals surface area contributed by atoms with Gasteiger partial charge >= 0.3 is 5.97 Å². The van der Waals surface area contributed by atoms with Gasteiger partial charge in [-0.25, -0.2) is 4.79 Å². The van der Waals surface area contributed by atoms with Crippen LogP contribution in [-0.2, 0) is 9.53 Å². The van der Waals surface area contributed by atoms with Gasteiger partial charge in [-0.05, 0) is 52.7 Å². The summed E-state index contributed by atoms with van der Waals surface area (Å²) in [7, 11) is 0. The van der Waals surface area contributed by atoms with Gasteiger partial charge in [-0.15, -0.1) is 0 Å². The van der Waals surface area contributed by atoms with Crippen molar-refractivity contribution in [2.75, 3.05) is 5.32 Å². The van der Waals surface area contributed by atoms with Crippen molar-refractivity contribution in [2.45, 2.75) is 58.2 Å². The highest BCUT2D eigenvalue weighted by molar-refractivity contribution is 5.93. The van der Waals surface area contributed by atoms with E-state index in [4.69, 9.17) is 4.74 Å². The number of carbonyl (C=O) groups excluding carboxylic acids is 2. The zero-order chi connectivity index (χ0) is 18.8. The normalized spacial score (nSPS) is 15.2. The molecule has 1 fully saturated rings. The second-order valence-corrected chi connectivity index (χ2v) is 7.19. The van der Waals surface area contributed by atoms with Crippen LogP contribution in [0.3, 0.4) is 0 Å². The molecule has 0 radical (unpaired) electrons. The van der Waals surface area contributed by atoms with Gasteiger partial charge in [0, 0.05) is 17.6 Å². The summed E-state index contributed by atoms with van der Waals surface area (Å²) in [5.41, 5.74) is -0.230. The fourth-order valence-electron chi connectivity index (χ4n) is 2.13. The third-order valence-electron chi connectivity index (χ3n) is 3.52. The van der Waals surface area contributed by atoms with E-state index in [0.717, 1.165) is 12.8 Å². The molecule has 2 rings (SSSR count). The van der Waals surface area contributed by atoms with Gasteiger partial charge in [0.15, 0.2) is 6.10 Å². The molecule has 8 nitrogen and oxygen atoms in total. The van der Waals surface area contributed by atoms with Crippen LogP contribution >= 0.6 is 0 Å². The Hall–Kier alpha value is -2.64. The van der Waals surface area contributed by atoms with Crippen molar-refractivity contribution in [3.8, 4) is 0 Å². The number of nitro groups is 1. The van der Waals surface area contributed by atoms with E-state index < -0.39 is 28.4 Å². The van der Waals surface area contributed by atoms with E-state index in [0.29, 0.717) is 5.69 Å². The van der Waals surface area contributed by atoms with Crippen molar-refractivity contribution in [1.29, 1.82) is 0 Å². The lowest BCUT2D eigenvalue weighted by Gasteiger charge is -2.23. The minimum Gasteiger partial charge on any atom is -0.449 e. The van der Waals surface area contributed by atoms with Gasteiger partial charge in [0.25, 0.3) is 11.6 Å². The van der Waals surface area contributed by atoms with Crippen LogP contribution < -0.4 is 10.6 Å². The number of carbonyl (C=O) groups is 2. The molecule has 0 saturated heterocycles. The second kappa shape index (κ2) is 7.08. The molecule has 0 heterocycles. The van der Waals surface area contributed by atoms with Gasteiger partial charge < -0.3 is 15.4 Å². The Morgan fingerprint density at radius 2 is 1.96 bits per heavy atom. The van der Waals surface area contributed by atoms with E-state index in [9.17, 15) is 19.7 Å². The zero-order valence-electron chi connectivity index (χ0n) is 14.8. The number of nitro benzene ring substituents is 1. The SMILES string of the molecule is C[C@@H](OC(=O)c1ccc(NC2CC2)c([N+](=O)[O-])c1)C(=O)NC(C)(C)C. The standard InChI is InChI=1S/C17H23N3O5/c1-10(15(21)19-17(2,3)4)25-16(22)11-5-8-13(18-12-6-7-12)14(9-11)20(23)24/h5,8-10,12,18H,6-7H2,1-4H3,(H,19,21)/t10-/m1/s1. The van der Waals surface area contributed by atoms with E-state index in [1.165, 1.54) is 25.1 Å². The summed E-state index contributed by atoms with van der Waals surface area (Å²) in [6.45, 7) is 6.90. The molecule has 1 saturated carbocycles. The van der Waals surface area contributed by atoms with Crippen molar-refractivity contribution in [2.24, 2.45) is 0 Å². The molecule has 0 spiro atoms. The quantitative estimate of drug-likeness (QED) is 0.464. The Morgan fingerprint density at radius 1 is 1.32 bits per heavy atom. The molecular formula is C17H23N3O5. The molecule has 1 amide bonds. The maximum Gasteiger partial charge on any atom is 0.339 e. The Bertz CT molecular complexity index is 692. The summed E-state index contributed by atoms with van der Waals surface area (Å²) in [4.78, 5) is 34.9. The Balaban J connectivity index is 2.09. The topological polar surface area (TPSA) is 111 Å². The zero-order valence-corrected chi connectivity index (χ0v) is 14.8. The van der Waals surface area contributed by atoms with E-state index in [1.54, 1.807) is 0 Å². The van der Waals surface area contributed by atoms with E-state index >= 15 is 0 Å². The number of rotatable bonds is 6. The minimum absolute atomic E-state index is 0.0310. The number of amides is 1. The summed E-state index contributed by atoms with van der Waals surface area (Å²) in [5, 5.41) is 17.0. The highest BCUT2D eigenvalue weighted by Crippen LogP contribution is 2.31. The van der Waals surface area contributed by atoms with Gasteiger partial charge in [0.2, 0.25) is 0 Å². The number of ether oxygens (including phenoxy) is 1. The Kier molecular flexibility index (Phi) is 5.30. The molecule has 25 heavy (non-hydrogen) atoms. The van der Waals surface area contributed by atoms with Crippen molar-refractivity contribution in [3.05, 3.63) is 33.9 Å². The van der Waals surface area contributed by atoms with E-state index in [-0.39, 0.29) is 17.3 Å². The maximum absolute atomic E-state index is 12.2. The van der Waals surface area contributed by atoms with E-state index in [1.807, 2.05) is 20.8 Å². The Labute approximate surface area is 146 Å². The lowest BCUT2D eigenvalue weighted by molar-refractivity contribution is -0.384. The third-order valence-corrected chi connectivity index (χ3v) is 3.52. The van der Waals surface area contributed by atoms with Gasteiger partial charge in [0.05, 0.1) is 10.5 Å². The van der Waals surface area contributed by atoms with Crippen molar-refractivity contribution >= 4 is 23.3 Å². The summed E-state index contributed by atoms with van der Waals surface area (Å²) in [6.07, 6.45) is 0.943. The number of hydrogen-bond acceptors (Lipinski definition) is 6. The minimum atomic E-state index is -1.00. The van der Waals surface area contributed by atoms with Crippen molar-refractivity contribution in [3.63, 3.8) is 0 Å². The first-order valence-electron chi connectivity index (χ1n) is 8.15. The molecule has 0 unspecified atom stereocenters. The molecule has 8 heteroatoms. The van der Waals surface area contributed by atoms with Crippen LogP contribution in [0, 0.1) is 10.1 Å². The smallest absolute Gasteiger partial charge is 0.339 e. The summed E-state index contributed by atoms with van der Waals surface area (Å²) in [5.74, 6) is -1.21. The molecule has 1 aliphatic rings. The molecule has 0 aliphatic heterocycles. The highest BCUT2D eigenvalue weighted by Gasteiger charge is 2.27. The fourth-order valence-corrected chi connectivity index (χ4v) is 2.13. The number of nitrogens with one attached hydrogen (secondary N) is 2. The molecule has 136 valence electrons. The monoisotopic (exact) mass is 349 g/mol. The first-order chi connectivity index (χ1) is 11.6. The lowest BCUT2D eigenvalue weighted by atomic mass is 10.1. The van der Waals surface area contributed by atoms with Crippen LogP contribution in [0.1, 0.15) is 50.9 Å². The van der Waals surface area contributed by atoms with Crippen LogP contribution in [0.2, 0.25) is 0 Å².